The van der Waals surface area contributed by atoms with Crippen LogP contribution in [0.2, 0.25) is 10.0 Å². The zero-order chi connectivity index (χ0) is 15.4. The molecule has 1 heterocycles. The standard InChI is InChI=1S/C13H13Cl2N3O3/c1-7(19)6-16-12(20)13-17-11(18-21-13)5-8-9(14)3-2-4-10(8)15/h2-4,7,19H,5-6H2,1H3,(H,16,20)/t7-/m0/s1. The number of hydrogen-bond acceptors (Lipinski definition) is 5. The summed E-state index contributed by atoms with van der Waals surface area (Å²) in [6.45, 7) is 1.66. The van der Waals surface area contributed by atoms with Gasteiger partial charge in [-0.2, -0.15) is 4.98 Å². The molecular formula is C13H13Cl2N3O3. The van der Waals surface area contributed by atoms with Crippen LogP contribution in [0.5, 0.6) is 0 Å². The highest BCUT2D eigenvalue weighted by molar-refractivity contribution is 6.36. The number of carbonyl (C=O) groups is 1. The third kappa shape index (κ3) is 4.17. The zero-order valence-electron chi connectivity index (χ0n) is 11.1. The molecule has 2 rings (SSSR count). The van der Waals surface area contributed by atoms with E-state index < -0.39 is 12.0 Å². The molecule has 0 aliphatic rings. The van der Waals surface area contributed by atoms with E-state index in [1.807, 2.05) is 0 Å². The highest BCUT2D eigenvalue weighted by atomic mass is 35.5. The van der Waals surface area contributed by atoms with Gasteiger partial charge in [-0.15, -0.1) is 0 Å². The molecule has 8 heteroatoms. The number of hydrogen-bond donors (Lipinski definition) is 2. The number of nitrogens with zero attached hydrogens (tertiary/aromatic N) is 2. The largest absolute Gasteiger partial charge is 0.392 e. The van der Waals surface area contributed by atoms with Gasteiger partial charge in [0.05, 0.1) is 6.10 Å². The summed E-state index contributed by atoms with van der Waals surface area (Å²) < 4.78 is 4.87. The Labute approximate surface area is 131 Å². The lowest BCUT2D eigenvalue weighted by Gasteiger charge is -2.03. The van der Waals surface area contributed by atoms with Crippen LogP contribution in [0.25, 0.3) is 0 Å². The van der Waals surface area contributed by atoms with E-state index >= 15 is 0 Å². The fraction of sp³-hybridized carbons (Fsp3) is 0.308. The molecule has 0 unspecified atom stereocenters. The van der Waals surface area contributed by atoms with Crippen molar-refractivity contribution in [3.63, 3.8) is 0 Å². The van der Waals surface area contributed by atoms with Crippen LogP contribution in [0, 0.1) is 0 Å². The van der Waals surface area contributed by atoms with Gasteiger partial charge in [-0.05, 0) is 24.6 Å². The smallest absolute Gasteiger partial charge is 0.315 e. The number of aromatic nitrogens is 2. The molecule has 6 nitrogen and oxygen atoms in total. The van der Waals surface area contributed by atoms with Crippen molar-refractivity contribution >= 4 is 29.1 Å². The lowest BCUT2D eigenvalue weighted by molar-refractivity contribution is 0.0880. The first kappa shape index (κ1) is 15.8. The van der Waals surface area contributed by atoms with E-state index in [4.69, 9.17) is 32.8 Å². The number of halogens is 2. The summed E-state index contributed by atoms with van der Waals surface area (Å²) in [5, 5.41) is 16.3. The molecule has 2 aromatic rings. The van der Waals surface area contributed by atoms with Gasteiger partial charge in [0.25, 0.3) is 0 Å². The highest BCUT2D eigenvalue weighted by Crippen LogP contribution is 2.26. The molecule has 0 radical (unpaired) electrons. The van der Waals surface area contributed by atoms with Gasteiger partial charge in [0.15, 0.2) is 5.82 Å². The van der Waals surface area contributed by atoms with Gasteiger partial charge < -0.3 is 14.9 Å². The number of aliphatic hydroxyl groups is 1. The molecule has 0 spiro atoms. The Morgan fingerprint density at radius 3 is 2.71 bits per heavy atom. The van der Waals surface area contributed by atoms with Crippen molar-refractivity contribution < 1.29 is 14.4 Å². The van der Waals surface area contributed by atoms with Crippen molar-refractivity contribution in [1.82, 2.24) is 15.5 Å². The first-order chi connectivity index (χ1) is 9.97. The van der Waals surface area contributed by atoms with Gasteiger partial charge in [0.2, 0.25) is 0 Å². The molecule has 0 bridgehead atoms. The molecule has 21 heavy (non-hydrogen) atoms. The SMILES string of the molecule is C[C@H](O)CNC(=O)c1nc(Cc2c(Cl)cccc2Cl)no1. The second-order valence-corrected chi connectivity index (χ2v) is 5.27. The molecule has 1 aromatic carbocycles. The van der Waals surface area contributed by atoms with Crippen LogP contribution in [0.15, 0.2) is 22.7 Å². The molecule has 2 N–H and O–H groups in total. The molecule has 1 amide bonds. The van der Waals surface area contributed by atoms with Crippen molar-refractivity contribution in [2.24, 2.45) is 0 Å². The third-order valence-corrected chi connectivity index (χ3v) is 3.33. The van der Waals surface area contributed by atoms with Crippen LogP contribution in [0.4, 0.5) is 0 Å². The summed E-state index contributed by atoms with van der Waals surface area (Å²) >= 11 is 12.1. The summed E-state index contributed by atoms with van der Waals surface area (Å²) in [4.78, 5) is 15.7. The highest BCUT2D eigenvalue weighted by Gasteiger charge is 2.17. The van der Waals surface area contributed by atoms with Crippen LogP contribution in [0.3, 0.4) is 0 Å². The number of nitrogens with one attached hydrogen (secondary N) is 1. The number of amides is 1. The molecule has 0 saturated heterocycles. The number of benzene rings is 1. The van der Waals surface area contributed by atoms with Crippen molar-refractivity contribution in [1.29, 1.82) is 0 Å². The topological polar surface area (TPSA) is 88.2 Å². The van der Waals surface area contributed by atoms with Gasteiger partial charge in [0, 0.05) is 23.0 Å². The minimum atomic E-state index is -0.654. The van der Waals surface area contributed by atoms with Crippen molar-refractivity contribution in [3.8, 4) is 0 Å². The Hall–Kier alpha value is -1.63. The number of rotatable bonds is 5. The molecule has 0 aliphatic carbocycles. The lowest BCUT2D eigenvalue weighted by Crippen LogP contribution is -2.30. The molecule has 0 saturated carbocycles. The Balaban J connectivity index is 2.08. The summed E-state index contributed by atoms with van der Waals surface area (Å²) in [7, 11) is 0. The van der Waals surface area contributed by atoms with Crippen LogP contribution in [-0.2, 0) is 6.42 Å². The van der Waals surface area contributed by atoms with Crippen LogP contribution in [-0.4, -0.2) is 33.8 Å². The second kappa shape index (κ2) is 6.89. The number of aliphatic hydroxyl groups excluding tert-OH is 1. The van der Waals surface area contributed by atoms with Crippen molar-refractivity contribution in [2.75, 3.05) is 6.54 Å². The summed E-state index contributed by atoms with van der Waals surface area (Å²) in [6.07, 6.45) is -0.399. The minimum absolute atomic E-state index is 0.104. The Kier molecular flexibility index (Phi) is 5.17. The van der Waals surface area contributed by atoms with Crippen molar-refractivity contribution in [3.05, 3.63) is 45.5 Å². The van der Waals surface area contributed by atoms with Crippen LogP contribution >= 0.6 is 23.2 Å². The van der Waals surface area contributed by atoms with E-state index in [0.717, 1.165) is 0 Å². The van der Waals surface area contributed by atoms with E-state index in [-0.39, 0.29) is 18.9 Å². The minimum Gasteiger partial charge on any atom is -0.392 e. The van der Waals surface area contributed by atoms with Gasteiger partial charge in [-0.1, -0.05) is 34.4 Å². The van der Waals surface area contributed by atoms with Crippen molar-refractivity contribution in [2.45, 2.75) is 19.4 Å². The summed E-state index contributed by atoms with van der Waals surface area (Å²) in [6, 6.07) is 5.15. The molecule has 1 aromatic heterocycles. The maximum Gasteiger partial charge on any atom is 0.315 e. The number of carbonyl (C=O) groups excluding carboxylic acids is 1. The molecular weight excluding hydrogens is 317 g/mol. The first-order valence-electron chi connectivity index (χ1n) is 6.19. The van der Waals surface area contributed by atoms with Crippen LogP contribution in [0.1, 0.15) is 29.0 Å². The third-order valence-electron chi connectivity index (χ3n) is 2.62. The molecule has 0 fully saturated rings. The predicted octanol–water partition coefficient (Wildman–Crippen LogP) is 2.08. The maximum atomic E-state index is 11.7. The van der Waals surface area contributed by atoms with E-state index in [1.165, 1.54) is 0 Å². The average Bonchev–Trinajstić information content (AvgIpc) is 2.89. The monoisotopic (exact) mass is 329 g/mol. The molecule has 112 valence electrons. The normalized spacial score (nSPS) is 12.2. The Bertz CT molecular complexity index is 623. The fourth-order valence-electron chi connectivity index (χ4n) is 1.59. The maximum absolute atomic E-state index is 11.7. The fourth-order valence-corrected chi connectivity index (χ4v) is 2.12. The quantitative estimate of drug-likeness (QED) is 0.876. The first-order valence-corrected chi connectivity index (χ1v) is 6.94. The summed E-state index contributed by atoms with van der Waals surface area (Å²) in [5.41, 5.74) is 0.664. The van der Waals surface area contributed by atoms with E-state index in [2.05, 4.69) is 15.5 Å². The Morgan fingerprint density at radius 1 is 1.43 bits per heavy atom. The van der Waals surface area contributed by atoms with E-state index in [1.54, 1.807) is 25.1 Å². The van der Waals surface area contributed by atoms with Gasteiger partial charge in [0.1, 0.15) is 0 Å². The van der Waals surface area contributed by atoms with Gasteiger partial charge in [-0.3, -0.25) is 4.79 Å². The van der Waals surface area contributed by atoms with E-state index in [0.29, 0.717) is 21.4 Å². The van der Waals surface area contributed by atoms with Crippen LogP contribution < -0.4 is 5.32 Å². The lowest BCUT2D eigenvalue weighted by atomic mass is 10.1. The summed E-state index contributed by atoms with van der Waals surface area (Å²) in [5.74, 6) is -0.416. The Morgan fingerprint density at radius 2 is 2.10 bits per heavy atom. The van der Waals surface area contributed by atoms with E-state index in [9.17, 15) is 4.79 Å². The average molecular weight is 330 g/mol. The van der Waals surface area contributed by atoms with Gasteiger partial charge >= 0.3 is 11.8 Å². The van der Waals surface area contributed by atoms with Gasteiger partial charge in [-0.25, -0.2) is 0 Å². The molecule has 0 aliphatic heterocycles. The molecule has 1 atom stereocenters. The predicted molar refractivity (Wildman–Crippen MR) is 77.6 cm³/mol. The zero-order valence-corrected chi connectivity index (χ0v) is 12.6. The second-order valence-electron chi connectivity index (χ2n) is 4.45.